The molecule has 1 heterocycles. The molecule has 0 spiro atoms. The Morgan fingerprint density at radius 1 is 1.04 bits per heavy atom. The number of nitrogens with one attached hydrogen (secondary N) is 1. The van der Waals surface area contributed by atoms with Crippen LogP contribution < -0.4 is 5.32 Å². The van der Waals surface area contributed by atoms with Crippen LogP contribution in [0.1, 0.15) is 64.7 Å². The van der Waals surface area contributed by atoms with Gasteiger partial charge in [-0.1, -0.05) is 48.0 Å². The van der Waals surface area contributed by atoms with Crippen molar-refractivity contribution in [3.8, 4) is 0 Å². The number of aryl methyl sites for hydroxylation is 1. The standard InChI is InChI=1S/C23H24N2O2/c1-14-5-4-6-15(13-14)21-20(22(26)24-16-9-10-16)18-7-2-3-8-19(18)23(27)25(21)17-11-12-17/h2-8,13,16-17,20-21H,9-12H2,1H3,(H,24,26). The number of rotatable bonds is 4. The van der Waals surface area contributed by atoms with E-state index in [1.165, 1.54) is 0 Å². The van der Waals surface area contributed by atoms with Crippen molar-refractivity contribution in [2.45, 2.75) is 56.7 Å². The van der Waals surface area contributed by atoms with Gasteiger partial charge in [-0.3, -0.25) is 9.59 Å². The van der Waals surface area contributed by atoms with E-state index in [-0.39, 0.29) is 29.8 Å². The zero-order valence-electron chi connectivity index (χ0n) is 15.5. The number of carbonyl (C=O) groups is 2. The van der Waals surface area contributed by atoms with Gasteiger partial charge in [0.15, 0.2) is 0 Å². The number of fused-ring (bicyclic) bond motifs is 1. The fourth-order valence-electron chi connectivity index (χ4n) is 4.32. The maximum Gasteiger partial charge on any atom is 0.254 e. The summed E-state index contributed by atoms with van der Waals surface area (Å²) >= 11 is 0. The van der Waals surface area contributed by atoms with Gasteiger partial charge in [0.25, 0.3) is 5.91 Å². The quantitative estimate of drug-likeness (QED) is 0.903. The van der Waals surface area contributed by atoms with Gasteiger partial charge >= 0.3 is 0 Å². The molecule has 2 aromatic carbocycles. The average molecular weight is 360 g/mol. The van der Waals surface area contributed by atoms with Crippen LogP contribution in [0.2, 0.25) is 0 Å². The monoisotopic (exact) mass is 360 g/mol. The fraction of sp³-hybridized carbons (Fsp3) is 0.391. The van der Waals surface area contributed by atoms with Gasteiger partial charge < -0.3 is 10.2 Å². The maximum atomic E-state index is 13.4. The number of carbonyl (C=O) groups excluding carboxylic acids is 2. The molecule has 0 aromatic heterocycles. The first-order valence-electron chi connectivity index (χ1n) is 9.92. The van der Waals surface area contributed by atoms with Crippen LogP contribution in [0.3, 0.4) is 0 Å². The third kappa shape index (κ3) is 2.93. The van der Waals surface area contributed by atoms with Crippen LogP contribution in [-0.4, -0.2) is 28.8 Å². The van der Waals surface area contributed by atoms with E-state index in [0.29, 0.717) is 11.6 Å². The largest absolute Gasteiger partial charge is 0.353 e. The molecule has 0 saturated heterocycles. The van der Waals surface area contributed by atoms with Crippen LogP contribution in [0.15, 0.2) is 48.5 Å². The minimum absolute atomic E-state index is 0.0506. The van der Waals surface area contributed by atoms with E-state index < -0.39 is 0 Å². The van der Waals surface area contributed by atoms with Gasteiger partial charge in [-0.25, -0.2) is 0 Å². The highest BCUT2D eigenvalue weighted by Crippen LogP contribution is 2.48. The lowest BCUT2D eigenvalue weighted by Crippen LogP contribution is -2.48. The third-order valence-corrected chi connectivity index (χ3v) is 5.91. The first-order valence-corrected chi connectivity index (χ1v) is 9.92. The van der Waals surface area contributed by atoms with Crippen LogP contribution >= 0.6 is 0 Å². The van der Waals surface area contributed by atoms with E-state index in [0.717, 1.165) is 42.4 Å². The van der Waals surface area contributed by atoms with Crippen LogP contribution in [0.25, 0.3) is 0 Å². The normalized spacial score (nSPS) is 24.5. The molecule has 4 heteroatoms. The molecule has 0 radical (unpaired) electrons. The molecule has 27 heavy (non-hydrogen) atoms. The molecule has 2 atom stereocenters. The second-order valence-corrected chi connectivity index (χ2v) is 8.15. The van der Waals surface area contributed by atoms with Gasteiger partial charge in [-0.15, -0.1) is 0 Å². The molecule has 4 nitrogen and oxygen atoms in total. The summed E-state index contributed by atoms with van der Waals surface area (Å²) in [5.41, 5.74) is 3.75. The van der Waals surface area contributed by atoms with E-state index in [4.69, 9.17) is 0 Å². The second-order valence-electron chi connectivity index (χ2n) is 8.15. The summed E-state index contributed by atoms with van der Waals surface area (Å²) in [5, 5.41) is 3.20. The molecular weight excluding hydrogens is 336 g/mol. The molecule has 138 valence electrons. The summed E-state index contributed by atoms with van der Waals surface area (Å²) in [6.07, 6.45) is 4.15. The first-order chi connectivity index (χ1) is 13.1. The van der Waals surface area contributed by atoms with Crippen molar-refractivity contribution in [1.82, 2.24) is 10.2 Å². The molecule has 2 unspecified atom stereocenters. The number of nitrogens with zero attached hydrogens (tertiary/aromatic N) is 1. The Hall–Kier alpha value is -2.62. The predicted octanol–water partition coefficient (Wildman–Crippen LogP) is 3.72. The van der Waals surface area contributed by atoms with Gasteiger partial charge in [0.1, 0.15) is 0 Å². The van der Waals surface area contributed by atoms with Crippen molar-refractivity contribution in [3.05, 3.63) is 70.8 Å². The maximum absolute atomic E-state index is 13.4. The molecule has 5 rings (SSSR count). The number of hydrogen-bond donors (Lipinski definition) is 1. The molecule has 2 fully saturated rings. The third-order valence-electron chi connectivity index (χ3n) is 5.91. The molecule has 1 aliphatic heterocycles. The topological polar surface area (TPSA) is 49.4 Å². The van der Waals surface area contributed by atoms with Crippen molar-refractivity contribution >= 4 is 11.8 Å². The second kappa shape index (κ2) is 6.22. The van der Waals surface area contributed by atoms with E-state index in [1.54, 1.807) is 0 Å². The van der Waals surface area contributed by atoms with Gasteiger partial charge in [0, 0.05) is 17.6 Å². The van der Waals surface area contributed by atoms with Gasteiger partial charge in [0.2, 0.25) is 5.91 Å². The van der Waals surface area contributed by atoms with Crippen LogP contribution in [0.4, 0.5) is 0 Å². The molecule has 3 aliphatic rings. The Balaban J connectivity index is 1.67. The molecule has 2 saturated carbocycles. The smallest absolute Gasteiger partial charge is 0.254 e. The molecule has 2 aromatic rings. The lowest BCUT2D eigenvalue weighted by Gasteiger charge is -2.42. The van der Waals surface area contributed by atoms with E-state index in [2.05, 4.69) is 30.4 Å². The molecular formula is C23H24N2O2. The number of hydrogen-bond acceptors (Lipinski definition) is 2. The minimum Gasteiger partial charge on any atom is -0.353 e. The van der Waals surface area contributed by atoms with Gasteiger partial charge in [0.05, 0.1) is 12.0 Å². The highest BCUT2D eigenvalue weighted by atomic mass is 16.2. The number of benzene rings is 2. The van der Waals surface area contributed by atoms with E-state index in [1.807, 2.05) is 35.2 Å². The summed E-state index contributed by atoms with van der Waals surface area (Å²) in [7, 11) is 0. The lowest BCUT2D eigenvalue weighted by atomic mass is 9.78. The summed E-state index contributed by atoms with van der Waals surface area (Å²) < 4.78 is 0. The van der Waals surface area contributed by atoms with E-state index in [9.17, 15) is 9.59 Å². The SMILES string of the molecule is Cc1cccc(C2C(C(=O)NC3CC3)c3ccccc3C(=O)N2C2CC2)c1. The summed E-state index contributed by atoms with van der Waals surface area (Å²) in [6, 6.07) is 16.2. The Bertz CT molecular complexity index is 914. The molecule has 2 aliphatic carbocycles. The molecule has 1 N–H and O–H groups in total. The first kappa shape index (κ1) is 16.5. The predicted molar refractivity (Wildman–Crippen MR) is 103 cm³/mol. The van der Waals surface area contributed by atoms with Crippen LogP contribution in [0, 0.1) is 6.92 Å². The van der Waals surface area contributed by atoms with E-state index >= 15 is 0 Å². The Labute approximate surface area is 159 Å². The van der Waals surface area contributed by atoms with Crippen molar-refractivity contribution in [3.63, 3.8) is 0 Å². The average Bonchev–Trinajstić information content (AvgIpc) is 3.56. The van der Waals surface area contributed by atoms with Gasteiger partial charge in [-0.05, 0) is 49.8 Å². The van der Waals surface area contributed by atoms with Crippen molar-refractivity contribution < 1.29 is 9.59 Å². The summed E-state index contributed by atoms with van der Waals surface area (Å²) in [4.78, 5) is 28.7. The Morgan fingerprint density at radius 3 is 2.52 bits per heavy atom. The zero-order valence-corrected chi connectivity index (χ0v) is 15.5. The Kier molecular flexibility index (Phi) is 3.81. The summed E-state index contributed by atoms with van der Waals surface area (Å²) in [5.74, 6) is -0.244. The highest BCUT2D eigenvalue weighted by Gasteiger charge is 2.49. The molecule has 0 bridgehead atoms. The Morgan fingerprint density at radius 2 is 1.81 bits per heavy atom. The molecule has 2 amide bonds. The summed E-state index contributed by atoms with van der Waals surface area (Å²) in [6.45, 7) is 2.06. The van der Waals surface area contributed by atoms with Crippen molar-refractivity contribution in [1.29, 1.82) is 0 Å². The highest BCUT2D eigenvalue weighted by molar-refractivity contribution is 6.01. The minimum atomic E-state index is -0.359. The van der Waals surface area contributed by atoms with Crippen LogP contribution in [-0.2, 0) is 4.79 Å². The van der Waals surface area contributed by atoms with Crippen molar-refractivity contribution in [2.24, 2.45) is 0 Å². The van der Waals surface area contributed by atoms with Gasteiger partial charge in [-0.2, -0.15) is 0 Å². The van der Waals surface area contributed by atoms with Crippen molar-refractivity contribution in [2.75, 3.05) is 0 Å². The lowest BCUT2D eigenvalue weighted by molar-refractivity contribution is -0.124. The van der Waals surface area contributed by atoms with Crippen LogP contribution in [0.5, 0.6) is 0 Å². The number of amides is 2. The fourth-order valence-corrected chi connectivity index (χ4v) is 4.32. The zero-order chi connectivity index (χ0) is 18.5.